The molecule has 2 heterocycles. The molecule has 0 saturated heterocycles. The highest BCUT2D eigenvalue weighted by Gasteiger charge is 2.21. The fourth-order valence-electron chi connectivity index (χ4n) is 3.34. The predicted molar refractivity (Wildman–Crippen MR) is 105 cm³/mol. The van der Waals surface area contributed by atoms with Gasteiger partial charge in [0.25, 0.3) is 0 Å². The van der Waals surface area contributed by atoms with Crippen LogP contribution < -0.4 is 19.5 Å². The highest BCUT2D eigenvalue weighted by Crippen LogP contribution is 2.44. The summed E-state index contributed by atoms with van der Waals surface area (Å²) in [7, 11) is 6.64. The van der Waals surface area contributed by atoms with Crippen LogP contribution in [0, 0.1) is 0 Å². The summed E-state index contributed by atoms with van der Waals surface area (Å²) in [5.74, 6) is 2.44. The second-order valence-corrected chi connectivity index (χ2v) is 5.88. The number of aromatic nitrogens is 3. The van der Waals surface area contributed by atoms with Crippen LogP contribution >= 0.6 is 0 Å². The molecule has 0 aliphatic carbocycles. The number of para-hydroxylation sites is 2. The maximum Gasteiger partial charge on any atom is 0.203 e. The van der Waals surface area contributed by atoms with Gasteiger partial charge in [0.1, 0.15) is 0 Å². The molecular formula is C20H20N4O3. The molecule has 2 aromatic carbocycles. The van der Waals surface area contributed by atoms with E-state index in [0.717, 1.165) is 27.9 Å². The Kier molecular flexibility index (Phi) is 4.19. The van der Waals surface area contributed by atoms with Crippen LogP contribution in [-0.2, 0) is 0 Å². The average Bonchev–Trinajstić information content (AvgIpc) is 3.17. The number of hydrogen-bond acceptors (Lipinski definition) is 6. The lowest BCUT2D eigenvalue weighted by Gasteiger charge is -2.16. The topological polar surface area (TPSA) is 69.9 Å². The summed E-state index contributed by atoms with van der Waals surface area (Å²) in [6.07, 6.45) is 1.81. The van der Waals surface area contributed by atoms with Crippen molar-refractivity contribution in [1.29, 1.82) is 0 Å². The minimum atomic E-state index is 0.541. The minimum absolute atomic E-state index is 0.541. The van der Waals surface area contributed by atoms with E-state index in [0.29, 0.717) is 23.1 Å². The molecule has 4 aromatic rings. The van der Waals surface area contributed by atoms with Gasteiger partial charge in [-0.05, 0) is 24.3 Å². The zero-order valence-corrected chi connectivity index (χ0v) is 15.6. The first-order valence-electron chi connectivity index (χ1n) is 8.46. The number of nitrogens with one attached hydrogen (secondary N) is 1. The van der Waals surface area contributed by atoms with E-state index in [-0.39, 0.29) is 0 Å². The number of ether oxygens (including phenoxy) is 3. The second-order valence-electron chi connectivity index (χ2n) is 5.88. The summed E-state index contributed by atoms with van der Waals surface area (Å²) < 4.78 is 18.7. The molecule has 0 unspecified atom stereocenters. The van der Waals surface area contributed by atoms with Crippen molar-refractivity contribution in [2.45, 2.75) is 0 Å². The van der Waals surface area contributed by atoms with Crippen LogP contribution in [0.3, 0.4) is 0 Å². The van der Waals surface area contributed by atoms with E-state index < -0.39 is 0 Å². The van der Waals surface area contributed by atoms with Crippen LogP contribution in [0.4, 0.5) is 5.82 Å². The SMILES string of the molecule is CNc1nc2ccccc2n2c(-c3ccc(OC)c(OC)c3OC)cnc12. The number of nitrogens with zero attached hydrogens (tertiary/aromatic N) is 3. The zero-order valence-electron chi connectivity index (χ0n) is 15.6. The predicted octanol–water partition coefficient (Wildman–Crippen LogP) is 3.62. The van der Waals surface area contributed by atoms with Crippen LogP contribution in [0.25, 0.3) is 27.9 Å². The third-order valence-corrected chi connectivity index (χ3v) is 4.55. The van der Waals surface area contributed by atoms with Crippen LogP contribution in [-0.4, -0.2) is 42.7 Å². The maximum atomic E-state index is 5.67. The fourth-order valence-corrected chi connectivity index (χ4v) is 3.34. The molecule has 0 amide bonds. The van der Waals surface area contributed by atoms with Gasteiger partial charge in [0.05, 0.1) is 44.3 Å². The fraction of sp³-hybridized carbons (Fsp3) is 0.200. The molecule has 0 fully saturated rings. The van der Waals surface area contributed by atoms with Crippen molar-refractivity contribution in [3.63, 3.8) is 0 Å². The number of rotatable bonds is 5. The lowest BCUT2D eigenvalue weighted by atomic mass is 10.1. The normalized spacial score (nSPS) is 11.0. The number of anilines is 1. The number of hydrogen-bond donors (Lipinski definition) is 1. The smallest absolute Gasteiger partial charge is 0.203 e. The molecule has 7 heteroatoms. The van der Waals surface area contributed by atoms with E-state index in [1.165, 1.54) is 0 Å². The summed E-state index contributed by atoms with van der Waals surface area (Å²) in [6, 6.07) is 11.8. The Morgan fingerprint density at radius 1 is 0.926 bits per heavy atom. The first-order valence-corrected chi connectivity index (χ1v) is 8.46. The van der Waals surface area contributed by atoms with Crippen LogP contribution in [0.1, 0.15) is 0 Å². The van der Waals surface area contributed by atoms with Gasteiger partial charge in [0.15, 0.2) is 23.0 Å². The van der Waals surface area contributed by atoms with Gasteiger partial charge >= 0.3 is 0 Å². The van der Waals surface area contributed by atoms with Crippen molar-refractivity contribution in [3.05, 3.63) is 42.6 Å². The third-order valence-electron chi connectivity index (χ3n) is 4.55. The van der Waals surface area contributed by atoms with Crippen molar-refractivity contribution < 1.29 is 14.2 Å². The first-order chi connectivity index (χ1) is 13.2. The highest BCUT2D eigenvalue weighted by molar-refractivity contribution is 5.87. The van der Waals surface area contributed by atoms with Crippen molar-refractivity contribution in [2.75, 3.05) is 33.7 Å². The zero-order chi connectivity index (χ0) is 19.0. The average molecular weight is 364 g/mol. The minimum Gasteiger partial charge on any atom is -0.493 e. The Bertz CT molecular complexity index is 1140. The second kappa shape index (κ2) is 6.68. The van der Waals surface area contributed by atoms with Crippen molar-refractivity contribution in [1.82, 2.24) is 14.4 Å². The van der Waals surface area contributed by atoms with Crippen LogP contribution in [0.5, 0.6) is 17.2 Å². The molecule has 1 N–H and O–H groups in total. The molecule has 7 nitrogen and oxygen atoms in total. The van der Waals surface area contributed by atoms with Gasteiger partial charge in [-0.2, -0.15) is 0 Å². The lowest BCUT2D eigenvalue weighted by molar-refractivity contribution is 0.325. The number of fused-ring (bicyclic) bond motifs is 3. The standard InChI is InChI=1S/C20H20N4O3/c1-21-19-20-22-11-15(24(20)14-8-6-5-7-13(14)23-19)12-9-10-16(25-2)18(27-4)17(12)26-3/h5-11H,1-4H3,(H,21,23). The molecule has 0 aliphatic heterocycles. The van der Waals surface area contributed by atoms with Gasteiger partial charge in [0.2, 0.25) is 5.75 Å². The summed E-state index contributed by atoms with van der Waals surface area (Å²) >= 11 is 0. The van der Waals surface area contributed by atoms with Crippen LogP contribution in [0.2, 0.25) is 0 Å². The first kappa shape index (κ1) is 17.0. The summed E-state index contributed by atoms with van der Waals surface area (Å²) in [5, 5.41) is 3.13. The van der Waals surface area contributed by atoms with E-state index in [9.17, 15) is 0 Å². The molecule has 138 valence electrons. The van der Waals surface area contributed by atoms with Gasteiger partial charge in [-0.1, -0.05) is 12.1 Å². The van der Waals surface area contributed by atoms with Crippen LogP contribution in [0.15, 0.2) is 42.6 Å². The Morgan fingerprint density at radius 3 is 2.41 bits per heavy atom. The molecule has 2 aromatic heterocycles. The van der Waals surface area contributed by atoms with Gasteiger partial charge in [-0.15, -0.1) is 0 Å². The Hall–Kier alpha value is -3.48. The van der Waals surface area contributed by atoms with E-state index >= 15 is 0 Å². The van der Waals surface area contributed by atoms with E-state index in [4.69, 9.17) is 14.2 Å². The third kappa shape index (κ3) is 2.51. The largest absolute Gasteiger partial charge is 0.493 e. The summed E-state index contributed by atoms with van der Waals surface area (Å²) in [6.45, 7) is 0. The number of methoxy groups -OCH3 is 3. The molecule has 0 atom stereocenters. The number of benzene rings is 2. The Labute approximate surface area is 156 Å². The molecule has 4 rings (SSSR count). The maximum absolute atomic E-state index is 5.67. The molecule has 0 bridgehead atoms. The van der Waals surface area contributed by atoms with Crippen molar-refractivity contribution >= 4 is 22.5 Å². The monoisotopic (exact) mass is 364 g/mol. The Morgan fingerprint density at radius 2 is 1.70 bits per heavy atom. The molecule has 0 spiro atoms. The number of imidazole rings is 1. The molecule has 0 radical (unpaired) electrons. The lowest BCUT2D eigenvalue weighted by Crippen LogP contribution is -2.02. The summed E-state index contributed by atoms with van der Waals surface area (Å²) in [4.78, 5) is 9.26. The van der Waals surface area contributed by atoms with E-state index in [1.807, 2.05) is 49.6 Å². The summed E-state index contributed by atoms with van der Waals surface area (Å²) in [5.41, 5.74) is 4.28. The van der Waals surface area contributed by atoms with Crippen molar-refractivity contribution in [3.8, 4) is 28.5 Å². The van der Waals surface area contributed by atoms with Crippen molar-refractivity contribution in [2.24, 2.45) is 0 Å². The van der Waals surface area contributed by atoms with E-state index in [2.05, 4.69) is 19.7 Å². The van der Waals surface area contributed by atoms with Gasteiger partial charge in [-0.25, -0.2) is 9.97 Å². The molecule has 0 saturated carbocycles. The Balaban J connectivity index is 2.11. The quantitative estimate of drug-likeness (QED) is 0.583. The van der Waals surface area contributed by atoms with Gasteiger partial charge in [0, 0.05) is 12.6 Å². The van der Waals surface area contributed by atoms with Gasteiger partial charge < -0.3 is 19.5 Å². The molecule has 27 heavy (non-hydrogen) atoms. The van der Waals surface area contributed by atoms with E-state index in [1.54, 1.807) is 21.3 Å². The molecule has 0 aliphatic rings. The van der Waals surface area contributed by atoms with Gasteiger partial charge in [-0.3, -0.25) is 4.40 Å². The molecular weight excluding hydrogens is 344 g/mol. The highest BCUT2D eigenvalue weighted by atomic mass is 16.5.